The number of carbonyl (C=O) groups is 2. The number of amides is 3. The van der Waals surface area contributed by atoms with Crippen LogP contribution in [-0.4, -0.2) is 95.2 Å². The van der Waals surface area contributed by atoms with Gasteiger partial charge in [0.1, 0.15) is 5.82 Å². The van der Waals surface area contributed by atoms with Gasteiger partial charge in [0.15, 0.2) is 5.15 Å². The van der Waals surface area contributed by atoms with Crippen LogP contribution in [0.1, 0.15) is 44.0 Å². The number of anilines is 1. The maximum absolute atomic E-state index is 13.9. The Bertz CT molecular complexity index is 1350. The summed E-state index contributed by atoms with van der Waals surface area (Å²) in [5, 5.41) is 11.6. The van der Waals surface area contributed by atoms with Gasteiger partial charge >= 0.3 is 12.1 Å². The topological polar surface area (TPSA) is 165 Å². The number of H-pyrrole nitrogens is 1. The summed E-state index contributed by atoms with van der Waals surface area (Å²) in [5.74, 6) is 1.56. The van der Waals surface area contributed by atoms with Crippen molar-refractivity contribution in [3.63, 3.8) is 0 Å². The zero-order chi connectivity index (χ0) is 29.3. The minimum atomic E-state index is -3.22. The number of sulfonamides is 1. The highest BCUT2D eigenvalue weighted by Crippen LogP contribution is 2.43. The van der Waals surface area contributed by atoms with E-state index in [4.69, 9.17) is 22.4 Å². The summed E-state index contributed by atoms with van der Waals surface area (Å²) in [6.45, 7) is 3.53. The molecule has 12 nitrogen and oxygen atoms in total. The van der Waals surface area contributed by atoms with E-state index in [9.17, 15) is 18.0 Å². The third-order valence-electron chi connectivity index (χ3n) is 8.85. The zero-order valence-corrected chi connectivity index (χ0v) is 24.7. The number of nitrogens with zero attached hydrogens (tertiary/aromatic N) is 4. The fourth-order valence-electron chi connectivity index (χ4n) is 6.46. The first-order valence-corrected chi connectivity index (χ1v) is 16.3. The van der Waals surface area contributed by atoms with Gasteiger partial charge in [-0.05, 0) is 68.5 Å². The normalized spacial score (nSPS) is 23.2. The molecule has 3 aliphatic heterocycles. The predicted molar refractivity (Wildman–Crippen MR) is 156 cm³/mol. The van der Waals surface area contributed by atoms with Crippen LogP contribution in [-0.2, 0) is 10.0 Å². The molecule has 1 aromatic heterocycles. The van der Waals surface area contributed by atoms with E-state index in [-0.39, 0.29) is 23.1 Å². The fourth-order valence-corrected chi connectivity index (χ4v) is 7.58. The molecule has 5 rings (SSSR count). The molecule has 0 saturated carbocycles. The molecular weight excluding hydrogens is 570 g/mol. The number of benzene rings is 1. The summed E-state index contributed by atoms with van der Waals surface area (Å²) >= 11 is 6.59. The number of hydrogen-bond donors (Lipinski definition) is 4. The van der Waals surface area contributed by atoms with Gasteiger partial charge in [-0.25, -0.2) is 27.3 Å². The number of nitrogens with two attached hydrogens (primary N) is 1. The Morgan fingerprint density at radius 2 is 1.76 bits per heavy atom. The predicted octanol–water partition coefficient (Wildman–Crippen LogP) is 3.65. The van der Waals surface area contributed by atoms with Crippen LogP contribution in [0.5, 0.6) is 0 Å². The standard InChI is InChI=1S/C27H38ClN7O5S/c1-41(39,40)34-12-8-18(9-13-34)20-14-22(35(16-20)27(38)33-10-6-17(15-29)7-11-33)25-31-23(24(28)32-25)19-2-4-21(5-3-19)30-26(36)37/h2-5,17-18,20,22,30H,6-16,29H2,1H3,(H,31,32)(H,36,37)/t20-,22-/m0/s1. The molecule has 41 heavy (non-hydrogen) atoms. The second kappa shape index (κ2) is 12.2. The first kappa shape index (κ1) is 29.6. The van der Waals surface area contributed by atoms with Crippen molar-refractivity contribution in [2.75, 3.05) is 50.8 Å². The van der Waals surface area contributed by atoms with Crippen LogP contribution in [0.4, 0.5) is 15.3 Å². The minimum Gasteiger partial charge on any atom is -0.465 e. The Labute approximate surface area is 245 Å². The van der Waals surface area contributed by atoms with Crippen LogP contribution in [0.15, 0.2) is 24.3 Å². The molecule has 2 atom stereocenters. The van der Waals surface area contributed by atoms with Gasteiger partial charge in [-0.1, -0.05) is 23.7 Å². The molecule has 224 valence electrons. The lowest BCUT2D eigenvalue weighted by Crippen LogP contribution is -2.47. The second-order valence-corrected chi connectivity index (χ2v) is 13.7. The number of urea groups is 1. The van der Waals surface area contributed by atoms with Crippen molar-refractivity contribution >= 4 is 39.4 Å². The molecule has 0 aliphatic carbocycles. The number of hydrogen-bond acceptors (Lipinski definition) is 6. The smallest absolute Gasteiger partial charge is 0.409 e. The van der Waals surface area contributed by atoms with Gasteiger partial charge in [-0.3, -0.25) is 5.32 Å². The van der Waals surface area contributed by atoms with Crippen molar-refractivity contribution in [3.05, 3.63) is 35.2 Å². The Hall–Kier alpha value is -2.87. The lowest BCUT2D eigenvalue weighted by molar-refractivity contribution is 0.125. The largest absolute Gasteiger partial charge is 0.465 e. The summed E-state index contributed by atoms with van der Waals surface area (Å²) in [4.78, 5) is 36.7. The number of likely N-dealkylation sites (tertiary alicyclic amines) is 2. The Kier molecular flexibility index (Phi) is 8.78. The maximum Gasteiger partial charge on any atom is 0.409 e. The fraction of sp³-hybridized carbons (Fsp3) is 0.593. The number of piperidine rings is 2. The highest BCUT2D eigenvalue weighted by Gasteiger charge is 2.44. The molecule has 0 bridgehead atoms. The first-order valence-electron chi connectivity index (χ1n) is 14.1. The highest BCUT2D eigenvalue weighted by molar-refractivity contribution is 7.88. The maximum atomic E-state index is 13.9. The Morgan fingerprint density at radius 1 is 1.10 bits per heavy atom. The van der Waals surface area contributed by atoms with Crippen LogP contribution < -0.4 is 11.1 Å². The Morgan fingerprint density at radius 3 is 2.34 bits per heavy atom. The van der Waals surface area contributed by atoms with E-state index in [2.05, 4.69) is 15.3 Å². The van der Waals surface area contributed by atoms with E-state index in [1.807, 2.05) is 9.80 Å². The SMILES string of the molecule is CS(=O)(=O)N1CCC([C@H]2C[C@@H](c3nc(Cl)c(-c4ccc(NC(=O)O)cc4)[nH]3)N(C(=O)N3CCC(CN)CC3)C2)CC1. The summed E-state index contributed by atoms with van der Waals surface area (Å²) in [5.41, 5.74) is 7.65. The molecular formula is C27H38ClN7O5S. The number of aromatic nitrogens is 2. The molecule has 0 spiro atoms. The van der Waals surface area contributed by atoms with Crippen molar-refractivity contribution in [1.82, 2.24) is 24.1 Å². The van der Waals surface area contributed by atoms with Crippen molar-refractivity contribution in [2.45, 2.75) is 38.1 Å². The molecule has 1 aromatic carbocycles. The number of rotatable bonds is 6. The molecule has 3 fully saturated rings. The average molecular weight is 608 g/mol. The molecule has 14 heteroatoms. The molecule has 3 aliphatic rings. The van der Waals surface area contributed by atoms with Crippen LogP contribution in [0, 0.1) is 17.8 Å². The molecule has 0 radical (unpaired) electrons. The van der Waals surface area contributed by atoms with Crippen molar-refractivity contribution < 1.29 is 23.1 Å². The summed E-state index contributed by atoms with van der Waals surface area (Å²) in [7, 11) is -3.22. The lowest BCUT2D eigenvalue weighted by Gasteiger charge is -2.36. The Balaban J connectivity index is 1.37. The number of aromatic amines is 1. The summed E-state index contributed by atoms with van der Waals surface area (Å²) in [6, 6.07) is 6.50. The number of nitrogens with one attached hydrogen (secondary N) is 2. The van der Waals surface area contributed by atoms with E-state index in [1.54, 1.807) is 24.3 Å². The van der Waals surface area contributed by atoms with Crippen LogP contribution in [0.3, 0.4) is 0 Å². The van der Waals surface area contributed by atoms with Gasteiger partial charge in [-0.2, -0.15) is 0 Å². The summed E-state index contributed by atoms with van der Waals surface area (Å²) in [6.07, 6.45) is 4.11. The van der Waals surface area contributed by atoms with Crippen LogP contribution >= 0.6 is 11.6 Å². The quantitative estimate of drug-likeness (QED) is 0.389. The van der Waals surface area contributed by atoms with E-state index >= 15 is 0 Å². The number of carbonyl (C=O) groups excluding carboxylic acids is 1. The molecule has 3 amide bonds. The second-order valence-electron chi connectivity index (χ2n) is 11.4. The molecule has 4 heterocycles. The zero-order valence-electron chi connectivity index (χ0n) is 23.1. The number of halogens is 1. The van der Waals surface area contributed by atoms with Crippen LogP contribution in [0.25, 0.3) is 11.3 Å². The third-order valence-corrected chi connectivity index (χ3v) is 10.4. The van der Waals surface area contributed by atoms with Crippen molar-refractivity contribution in [1.29, 1.82) is 0 Å². The first-order chi connectivity index (χ1) is 19.5. The third kappa shape index (κ3) is 6.63. The monoisotopic (exact) mass is 607 g/mol. The highest BCUT2D eigenvalue weighted by atomic mass is 35.5. The minimum absolute atomic E-state index is 0.0142. The van der Waals surface area contributed by atoms with E-state index in [0.29, 0.717) is 74.7 Å². The van der Waals surface area contributed by atoms with E-state index in [1.165, 1.54) is 10.6 Å². The van der Waals surface area contributed by atoms with Gasteiger partial charge < -0.3 is 25.6 Å². The van der Waals surface area contributed by atoms with Crippen molar-refractivity contribution in [2.24, 2.45) is 23.5 Å². The van der Waals surface area contributed by atoms with Gasteiger partial charge in [0.25, 0.3) is 0 Å². The van der Waals surface area contributed by atoms with E-state index < -0.39 is 16.1 Å². The van der Waals surface area contributed by atoms with Gasteiger partial charge in [-0.15, -0.1) is 0 Å². The van der Waals surface area contributed by atoms with Gasteiger partial charge in [0, 0.05) is 44.0 Å². The average Bonchev–Trinajstić information content (AvgIpc) is 3.56. The number of carboxylic acid groups (broad SMARTS) is 1. The molecule has 3 saturated heterocycles. The molecule has 0 unspecified atom stereocenters. The summed E-state index contributed by atoms with van der Waals surface area (Å²) < 4.78 is 25.6. The van der Waals surface area contributed by atoms with Gasteiger partial charge in [0.05, 0.1) is 18.0 Å². The van der Waals surface area contributed by atoms with Crippen molar-refractivity contribution in [3.8, 4) is 11.3 Å². The molecule has 5 N–H and O–H groups in total. The lowest BCUT2D eigenvalue weighted by atomic mass is 9.83. The number of imidazole rings is 1. The van der Waals surface area contributed by atoms with E-state index in [0.717, 1.165) is 31.2 Å². The van der Waals surface area contributed by atoms with Crippen LogP contribution in [0.2, 0.25) is 5.15 Å². The molecule has 2 aromatic rings. The van der Waals surface area contributed by atoms with Gasteiger partial charge in [0.2, 0.25) is 10.0 Å².